The van der Waals surface area contributed by atoms with E-state index >= 15 is 0 Å². The van der Waals surface area contributed by atoms with Crippen LogP contribution in [0.4, 0.5) is 8.78 Å². The molecule has 0 fully saturated rings. The van der Waals surface area contributed by atoms with Gasteiger partial charge in [-0.05, 0) is 37.1 Å². The Morgan fingerprint density at radius 1 is 1.05 bits per heavy atom. The Morgan fingerprint density at radius 3 is 2.25 bits per heavy atom. The largest absolute Gasteiger partial charge is 0.345 e. The van der Waals surface area contributed by atoms with Crippen LogP contribution < -0.4 is 5.32 Å². The van der Waals surface area contributed by atoms with Gasteiger partial charge in [0.1, 0.15) is 17.2 Å². The molecule has 1 unspecified atom stereocenters. The molecule has 0 bridgehead atoms. The molecule has 1 atom stereocenters. The van der Waals surface area contributed by atoms with Crippen LogP contribution in [0.25, 0.3) is 0 Å². The van der Waals surface area contributed by atoms with E-state index in [0.29, 0.717) is 0 Å². The van der Waals surface area contributed by atoms with Gasteiger partial charge in [-0.25, -0.2) is 8.78 Å². The molecule has 0 aliphatic carbocycles. The zero-order valence-electron chi connectivity index (χ0n) is 11.3. The second-order valence-corrected chi connectivity index (χ2v) is 4.65. The average Bonchev–Trinajstić information content (AvgIpc) is 2.38. The number of aryl methyl sites for hydroxylation is 1. The van der Waals surface area contributed by atoms with Crippen LogP contribution in [-0.4, -0.2) is 5.91 Å². The van der Waals surface area contributed by atoms with E-state index in [9.17, 15) is 13.6 Å². The van der Waals surface area contributed by atoms with Crippen LogP contribution in [0.3, 0.4) is 0 Å². The Hall–Kier alpha value is -2.23. The van der Waals surface area contributed by atoms with Crippen LogP contribution in [0.1, 0.15) is 34.5 Å². The van der Waals surface area contributed by atoms with Gasteiger partial charge < -0.3 is 5.32 Å². The highest BCUT2D eigenvalue weighted by atomic mass is 19.1. The van der Waals surface area contributed by atoms with E-state index < -0.39 is 23.1 Å². The molecule has 0 aliphatic rings. The molecule has 0 aliphatic heterocycles. The Kier molecular flexibility index (Phi) is 4.13. The summed E-state index contributed by atoms with van der Waals surface area (Å²) in [5.74, 6) is -2.48. The lowest BCUT2D eigenvalue weighted by Crippen LogP contribution is -2.28. The number of benzene rings is 2. The van der Waals surface area contributed by atoms with E-state index in [0.717, 1.165) is 23.3 Å². The molecular formula is C16H15F2NO. The third-order valence-electron chi connectivity index (χ3n) is 3.19. The molecule has 2 aromatic rings. The average molecular weight is 275 g/mol. The van der Waals surface area contributed by atoms with Crippen molar-refractivity contribution in [2.45, 2.75) is 19.9 Å². The van der Waals surface area contributed by atoms with E-state index in [2.05, 4.69) is 5.32 Å². The number of hydrogen-bond acceptors (Lipinski definition) is 1. The van der Waals surface area contributed by atoms with Crippen molar-refractivity contribution in [2.24, 2.45) is 0 Å². The number of nitrogens with one attached hydrogen (secondary N) is 1. The highest BCUT2D eigenvalue weighted by molar-refractivity contribution is 5.95. The SMILES string of the molecule is Cc1ccccc1C(C)NC(=O)c1c(F)cccc1F. The van der Waals surface area contributed by atoms with Crippen LogP contribution >= 0.6 is 0 Å². The first-order valence-electron chi connectivity index (χ1n) is 6.31. The fourth-order valence-electron chi connectivity index (χ4n) is 2.13. The van der Waals surface area contributed by atoms with Crippen LogP contribution in [0.5, 0.6) is 0 Å². The lowest BCUT2D eigenvalue weighted by molar-refractivity contribution is 0.0931. The molecule has 104 valence electrons. The third-order valence-corrected chi connectivity index (χ3v) is 3.19. The molecule has 0 saturated carbocycles. The van der Waals surface area contributed by atoms with Gasteiger partial charge in [-0.15, -0.1) is 0 Å². The van der Waals surface area contributed by atoms with Crippen LogP contribution in [0, 0.1) is 18.6 Å². The summed E-state index contributed by atoms with van der Waals surface area (Å²) >= 11 is 0. The fourth-order valence-corrected chi connectivity index (χ4v) is 2.13. The molecule has 2 nitrogen and oxygen atoms in total. The first kappa shape index (κ1) is 14.2. The van der Waals surface area contributed by atoms with E-state index in [-0.39, 0.29) is 6.04 Å². The number of carbonyl (C=O) groups excluding carboxylic acids is 1. The molecule has 0 heterocycles. The molecule has 2 aromatic carbocycles. The van der Waals surface area contributed by atoms with Gasteiger partial charge in [0.15, 0.2) is 0 Å². The molecule has 2 rings (SSSR count). The molecule has 1 N–H and O–H groups in total. The van der Waals surface area contributed by atoms with Crippen LogP contribution in [0.2, 0.25) is 0 Å². The van der Waals surface area contributed by atoms with Gasteiger partial charge in [-0.2, -0.15) is 0 Å². The molecular weight excluding hydrogens is 260 g/mol. The van der Waals surface area contributed by atoms with E-state index in [1.54, 1.807) is 6.92 Å². The highest BCUT2D eigenvalue weighted by Gasteiger charge is 2.19. The number of amides is 1. The summed E-state index contributed by atoms with van der Waals surface area (Å²) in [4.78, 5) is 12.0. The quantitative estimate of drug-likeness (QED) is 0.907. The minimum Gasteiger partial charge on any atom is -0.345 e. The Labute approximate surface area is 116 Å². The minimum atomic E-state index is -0.862. The maximum Gasteiger partial charge on any atom is 0.257 e. The molecule has 20 heavy (non-hydrogen) atoms. The summed E-state index contributed by atoms with van der Waals surface area (Å²) in [6.07, 6.45) is 0. The van der Waals surface area contributed by atoms with Gasteiger partial charge in [0.05, 0.1) is 6.04 Å². The summed E-state index contributed by atoms with van der Waals surface area (Å²) in [5, 5.41) is 2.62. The zero-order valence-corrected chi connectivity index (χ0v) is 11.3. The predicted molar refractivity (Wildman–Crippen MR) is 73.4 cm³/mol. The van der Waals surface area contributed by atoms with E-state index in [1.165, 1.54) is 6.07 Å². The number of carbonyl (C=O) groups is 1. The first-order chi connectivity index (χ1) is 9.50. The molecule has 0 spiro atoms. The normalized spacial score (nSPS) is 12.0. The maximum absolute atomic E-state index is 13.5. The summed E-state index contributed by atoms with van der Waals surface area (Å²) < 4.78 is 27.1. The first-order valence-corrected chi connectivity index (χ1v) is 6.31. The van der Waals surface area contributed by atoms with Crippen molar-refractivity contribution < 1.29 is 13.6 Å². The van der Waals surface area contributed by atoms with Crippen molar-refractivity contribution in [3.05, 3.63) is 70.8 Å². The summed E-state index contributed by atoms with van der Waals surface area (Å²) in [6, 6.07) is 10.6. The van der Waals surface area contributed by atoms with Gasteiger partial charge >= 0.3 is 0 Å². The lowest BCUT2D eigenvalue weighted by Gasteiger charge is -2.17. The van der Waals surface area contributed by atoms with Crippen LogP contribution in [0.15, 0.2) is 42.5 Å². The second kappa shape index (κ2) is 5.82. The minimum absolute atomic E-state index is 0.331. The number of hydrogen-bond donors (Lipinski definition) is 1. The number of rotatable bonds is 3. The van der Waals surface area contributed by atoms with Gasteiger partial charge in [-0.1, -0.05) is 30.3 Å². The predicted octanol–water partition coefficient (Wildman–Crippen LogP) is 3.76. The maximum atomic E-state index is 13.5. The van der Waals surface area contributed by atoms with E-state index in [1.807, 2.05) is 31.2 Å². The Morgan fingerprint density at radius 2 is 1.65 bits per heavy atom. The topological polar surface area (TPSA) is 29.1 Å². The van der Waals surface area contributed by atoms with Crippen molar-refractivity contribution in [3.8, 4) is 0 Å². The van der Waals surface area contributed by atoms with Crippen LogP contribution in [-0.2, 0) is 0 Å². The highest BCUT2D eigenvalue weighted by Crippen LogP contribution is 2.18. The Balaban J connectivity index is 2.22. The van der Waals surface area contributed by atoms with Gasteiger partial charge in [-0.3, -0.25) is 4.79 Å². The van der Waals surface area contributed by atoms with Crippen molar-refractivity contribution in [1.29, 1.82) is 0 Å². The summed E-state index contributed by atoms with van der Waals surface area (Å²) in [5.41, 5.74) is 1.37. The fraction of sp³-hybridized carbons (Fsp3) is 0.188. The standard InChI is InChI=1S/C16H15F2NO/c1-10-6-3-4-7-12(10)11(2)19-16(20)15-13(17)8-5-9-14(15)18/h3-9,11H,1-2H3,(H,19,20). The van der Waals surface area contributed by atoms with Gasteiger partial charge in [0.25, 0.3) is 5.91 Å². The smallest absolute Gasteiger partial charge is 0.257 e. The molecule has 0 aromatic heterocycles. The molecule has 1 amide bonds. The lowest BCUT2D eigenvalue weighted by atomic mass is 10.0. The Bertz CT molecular complexity index is 620. The summed E-state index contributed by atoms with van der Waals surface area (Å²) in [7, 11) is 0. The molecule has 0 radical (unpaired) electrons. The number of halogens is 2. The van der Waals surface area contributed by atoms with Gasteiger partial charge in [0, 0.05) is 0 Å². The zero-order chi connectivity index (χ0) is 14.7. The molecule has 0 saturated heterocycles. The van der Waals surface area contributed by atoms with E-state index in [4.69, 9.17) is 0 Å². The molecule has 4 heteroatoms. The van der Waals surface area contributed by atoms with Crippen molar-refractivity contribution in [1.82, 2.24) is 5.32 Å². The monoisotopic (exact) mass is 275 g/mol. The summed E-state index contributed by atoms with van der Waals surface area (Å²) in [6.45, 7) is 3.70. The van der Waals surface area contributed by atoms with Crippen molar-refractivity contribution in [3.63, 3.8) is 0 Å². The third kappa shape index (κ3) is 2.85. The second-order valence-electron chi connectivity index (χ2n) is 4.65. The van der Waals surface area contributed by atoms with Gasteiger partial charge in [0.2, 0.25) is 0 Å². The van der Waals surface area contributed by atoms with Crippen molar-refractivity contribution in [2.75, 3.05) is 0 Å². The van der Waals surface area contributed by atoms with Crippen molar-refractivity contribution >= 4 is 5.91 Å².